The van der Waals surface area contributed by atoms with E-state index in [2.05, 4.69) is 93.5 Å². The van der Waals surface area contributed by atoms with Crippen molar-refractivity contribution in [2.75, 3.05) is 13.2 Å². The molecule has 0 saturated carbocycles. The van der Waals surface area contributed by atoms with E-state index in [0.717, 1.165) is 26.1 Å². The van der Waals surface area contributed by atoms with Crippen LogP contribution >= 0.6 is 0 Å². The van der Waals surface area contributed by atoms with E-state index in [4.69, 9.17) is 9.47 Å². The Hall–Kier alpha value is -0.860. The lowest BCUT2D eigenvalue weighted by Gasteiger charge is -2.31. The largest absolute Gasteiger partial charge is 0.371 e. The first kappa shape index (κ1) is 25.2. The molecule has 0 saturated heterocycles. The van der Waals surface area contributed by atoms with Crippen LogP contribution in [0.1, 0.15) is 106 Å². The van der Waals surface area contributed by atoms with Crippen LogP contribution in [0.5, 0.6) is 0 Å². The first-order valence-electron chi connectivity index (χ1n) is 11.0. The van der Waals surface area contributed by atoms with Gasteiger partial charge in [-0.15, -0.1) is 0 Å². The number of hydrogen-bond acceptors (Lipinski definition) is 2. The zero-order chi connectivity index (χ0) is 21.6. The van der Waals surface area contributed by atoms with Gasteiger partial charge in [0, 0.05) is 13.2 Å². The van der Waals surface area contributed by atoms with Crippen molar-refractivity contribution >= 4 is 0 Å². The minimum Gasteiger partial charge on any atom is -0.371 e. The second-order valence-electron chi connectivity index (χ2n) is 11.6. The van der Waals surface area contributed by atoms with Crippen molar-refractivity contribution in [3.63, 3.8) is 0 Å². The Morgan fingerprint density at radius 1 is 0.607 bits per heavy atom. The highest BCUT2D eigenvalue weighted by molar-refractivity contribution is 5.31. The smallest absolute Gasteiger partial charge is 0.0875 e. The zero-order valence-electron chi connectivity index (χ0n) is 20.4. The van der Waals surface area contributed by atoms with Crippen LogP contribution in [0, 0.1) is 10.8 Å². The van der Waals surface area contributed by atoms with Crippen molar-refractivity contribution < 1.29 is 9.47 Å². The Morgan fingerprint density at radius 3 is 1.29 bits per heavy atom. The van der Waals surface area contributed by atoms with E-state index in [9.17, 15) is 0 Å². The maximum Gasteiger partial charge on any atom is 0.0875 e. The topological polar surface area (TPSA) is 18.5 Å². The van der Waals surface area contributed by atoms with Crippen LogP contribution < -0.4 is 0 Å². The summed E-state index contributed by atoms with van der Waals surface area (Å²) in [6, 6.07) is 8.73. The summed E-state index contributed by atoms with van der Waals surface area (Å²) in [4.78, 5) is 0. The molecule has 28 heavy (non-hydrogen) atoms. The standard InChI is InChI=1S/C26H46O2/c1-23(2,3)16-12-18-27-25(7,8)21-14-11-15-22(20-21)26(9,10)28-19-13-17-24(4,5)6/h11,14-15,20H,12-13,16-19H2,1-10H3. The zero-order valence-corrected chi connectivity index (χ0v) is 20.4. The predicted molar refractivity (Wildman–Crippen MR) is 122 cm³/mol. The van der Waals surface area contributed by atoms with Gasteiger partial charge in [-0.2, -0.15) is 0 Å². The van der Waals surface area contributed by atoms with Gasteiger partial charge in [-0.3, -0.25) is 0 Å². The van der Waals surface area contributed by atoms with Crippen molar-refractivity contribution in [3.05, 3.63) is 35.4 Å². The summed E-state index contributed by atoms with van der Waals surface area (Å²) in [5.74, 6) is 0. The molecule has 0 amide bonds. The summed E-state index contributed by atoms with van der Waals surface area (Å²) in [6.07, 6.45) is 4.54. The molecule has 0 fully saturated rings. The van der Waals surface area contributed by atoms with Gasteiger partial charge < -0.3 is 9.47 Å². The van der Waals surface area contributed by atoms with Crippen LogP contribution in [0.2, 0.25) is 0 Å². The van der Waals surface area contributed by atoms with E-state index in [1.807, 2.05) is 0 Å². The van der Waals surface area contributed by atoms with Crippen molar-refractivity contribution in [2.24, 2.45) is 10.8 Å². The molecule has 0 unspecified atom stereocenters. The number of rotatable bonds is 10. The molecule has 0 heterocycles. The normalized spacial score (nSPS) is 13.8. The van der Waals surface area contributed by atoms with Crippen LogP contribution in [0.4, 0.5) is 0 Å². The molecular formula is C26H46O2. The molecule has 1 aromatic rings. The minimum atomic E-state index is -0.295. The van der Waals surface area contributed by atoms with Gasteiger partial charge in [0.15, 0.2) is 0 Å². The quantitative estimate of drug-likeness (QED) is 0.379. The monoisotopic (exact) mass is 390 g/mol. The van der Waals surface area contributed by atoms with Crippen molar-refractivity contribution in [2.45, 2.75) is 106 Å². The average molecular weight is 391 g/mol. The Kier molecular flexibility index (Phi) is 8.78. The molecule has 1 aromatic carbocycles. The molecule has 0 atom stereocenters. The Balaban J connectivity index is 2.70. The summed E-state index contributed by atoms with van der Waals surface area (Å²) < 4.78 is 12.5. The third-order valence-corrected chi connectivity index (χ3v) is 5.32. The molecule has 1 rings (SSSR count). The van der Waals surface area contributed by atoms with Gasteiger partial charge in [-0.25, -0.2) is 0 Å². The summed E-state index contributed by atoms with van der Waals surface area (Å²) in [6.45, 7) is 24.0. The lowest BCUT2D eigenvalue weighted by atomic mass is 9.89. The Labute approximate surface area is 175 Å². The molecule has 0 bridgehead atoms. The Morgan fingerprint density at radius 2 is 0.964 bits per heavy atom. The highest BCUT2D eigenvalue weighted by Gasteiger charge is 2.26. The summed E-state index contributed by atoms with van der Waals surface area (Å²) in [5, 5.41) is 0. The first-order valence-corrected chi connectivity index (χ1v) is 11.0. The molecule has 2 heteroatoms. The molecule has 0 aromatic heterocycles. The fourth-order valence-electron chi connectivity index (χ4n) is 3.29. The van der Waals surface area contributed by atoms with Gasteiger partial charge in [-0.05, 0) is 75.3 Å². The molecule has 0 spiro atoms. The van der Waals surface area contributed by atoms with E-state index in [1.54, 1.807) is 0 Å². The van der Waals surface area contributed by atoms with Crippen molar-refractivity contribution in [1.82, 2.24) is 0 Å². The molecular weight excluding hydrogens is 344 g/mol. The summed E-state index contributed by atoms with van der Waals surface area (Å²) in [7, 11) is 0. The van der Waals surface area contributed by atoms with Gasteiger partial charge in [0.2, 0.25) is 0 Å². The van der Waals surface area contributed by atoms with Crippen LogP contribution in [0.25, 0.3) is 0 Å². The summed E-state index contributed by atoms with van der Waals surface area (Å²) >= 11 is 0. The fourth-order valence-corrected chi connectivity index (χ4v) is 3.29. The summed E-state index contributed by atoms with van der Waals surface area (Å²) in [5.41, 5.74) is 2.56. The van der Waals surface area contributed by atoms with Crippen LogP contribution in [-0.2, 0) is 20.7 Å². The van der Waals surface area contributed by atoms with Crippen LogP contribution in [0.3, 0.4) is 0 Å². The van der Waals surface area contributed by atoms with Gasteiger partial charge >= 0.3 is 0 Å². The van der Waals surface area contributed by atoms with Gasteiger partial charge in [0.25, 0.3) is 0 Å². The van der Waals surface area contributed by atoms with E-state index < -0.39 is 0 Å². The molecule has 0 aliphatic carbocycles. The fraction of sp³-hybridized carbons (Fsp3) is 0.769. The third-order valence-electron chi connectivity index (χ3n) is 5.32. The van der Waals surface area contributed by atoms with E-state index in [0.29, 0.717) is 10.8 Å². The SMILES string of the molecule is CC(C)(C)CCCOC(C)(C)c1cccc(C(C)(C)OCCCC(C)(C)C)c1. The second-order valence-corrected chi connectivity index (χ2v) is 11.6. The van der Waals surface area contributed by atoms with Gasteiger partial charge in [0.05, 0.1) is 11.2 Å². The van der Waals surface area contributed by atoms with Gasteiger partial charge in [0.1, 0.15) is 0 Å². The predicted octanol–water partition coefficient (Wildman–Crippen LogP) is 7.84. The average Bonchev–Trinajstić information content (AvgIpc) is 2.54. The van der Waals surface area contributed by atoms with Crippen molar-refractivity contribution in [1.29, 1.82) is 0 Å². The Bertz CT molecular complexity index is 536. The molecule has 0 radical (unpaired) electrons. The highest BCUT2D eigenvalue weighted by Crippen LogP contribution is 2.32. The highest BCUT2D eigenvalue weighted by atomic mass is 16.5. The lowest BCUT2D eigenvalue weighted by Crippen LogP contribution is -2.26. The van der Waals surface area contributed by atoms with Crippen LogP contribution in [-0.4, -0.2) is 13.2 Å². The molecule has 2 nitrogen and oxygen atoms in total. The number of benzene rings is 1. The molecule has 0 aliphatic heterocycles. The first-order chi connectivity index (χ1) is 12.6. The number of hydrogen-bond donors (Lipinski definition) is 0. The van der Waals surface area contributed by atoms with Crippen LogP contribution in [0.15, 0.2) is 24.3 Å². The lowest BCUT2D eigenvalue weighted by molar-refractivity contribution is -0.0304. The minimum absolute atomic E-state index is 0.295. The van der Waals surface area contributed by atoms with Gasteiger partial charge in [-0.1, -0.05) is 65.8 Å². The molecule has 0 N–H and O–H groups in total. The second kappa shape index (κ2) is 9.76. The van der Waals surface area contributed by atoms with E-state index >= 15 is 0 Å². The molecule has 162 valence electrons. The maximum atomic E-state index is 6.27. The van der Waals surface area contributed by atoms with Crippen molar-refractivity contribution in [3.8, 4) is 0 Å². The third kappa shape index (κ3) is 9.56. The van der Waals surface area contributed by atoms with E-state index in [1.165, 1.54) is 24.0 Å². The van der Waals surface area contributed by atoms with E-state index in [-0.39, 0.29) is 11.2 Å². The number of ether oxygens (including phenoxy) is 2. The maximum absolute atomic E-state index is 6.27. The molecule has 0 aliphatic rings.